The van der Waals surface area contributed by atoms with Gasteiger partial charge in [-0.3, -0.25) is 4.79 Å². The maximum atomic E-state index is 11.0. The smallest absolute Gasteiger partial charge is 0.320 e. The van der Waals surface area contributed by atoms with Crippen LogP contribution in [-0.4, -0.2) is 41.9 Å². The molecule has 7 heteroatoms. The Hall–Kier alpha value is -2.31. The molecule has 2 N–H and O–H groups in total. The van der Waals surface area contributed by atoms with Crippen LogP contribution in [0.1, 0.15) is 12.0 Å². The van der Waals surface area contributed by atoms with Gasteiger partial charge >= 0.3 is 5.97 Å². The molecule has 6 nitrogen and oxygen atoms in total. The molecule has 1 aromatic carbocycles. The van der Waals surface area contributed by atoms with Gasteiger partial charge in [0.1, 0.15) is 17.9 Å². The number of hydrogen-bond donors (Lipinski definition) is 2. The number of pyridine rings is 1. The zero-order valence-electron chi connectivity index (χ0n) is 13.2. The van der Waals surface area contributed by atoms with E-state index in [0.717, 1.165) is 22.1 Å². The maximum absolute atomic E-state index is 11.0. The van der Waals surface area contributed by atoms with Crippen molar-refractivity contribution in [2.24, 2.45) is 0 Å². The number of carboxylic acids is 1. The summed E-state index contributed by atoms with van der Waals surface area (Å²) in [4.78, 5) is 15.3. The molecule has 0 bridgehead atoms. The fourth-order valence-electron chi connectivity index (χ4n) is 2.76. The Kier molecular flexibility index (Phi) is 5.64. The average molecular weight is 351 g/mol. The van der Waals surface area contributed by atoms with Crippen LogP contribution in [0.3, 0.4) is 0 Å². The molecule has 2 atom stereocenters. The van der Waals surface area contributed by atoms with Crippen molar-refractivity contribution >= 4 is 35.2 Å². The molecule has 1 aromatic heterocycles. The Morgan fingerprint density at radius 3 is 2.92 bits per heavy atom. The lowest BCUT2D eigenvalue weighted by molar-refractivity contribution is -0.139. The van der Waals surface area contributed by atoms with E-state index in [2.05, 4.69) is 16.9 Å². The van der Waals surface area contributed by atoms with Crippen LogP contribution in [0.5, 0.6) is 11.6 Å². The van der Waals surface area contributed by atoms with E-state index in [1.54, 1.807) is 19.4 Å². The van der Waals surface area contributed by atoms with E-state index in [4.69, 9.17) is 14.6 Å². The summed E-state index contributed by atoms with van der Waals surface area (Å²) in [5, 5.41) is 13.8. The summed E-state index contributed by atoms with van der Waals surface area (Å²) < 4.78 is 11.3. The molecule has 128 valence electrons. The number of hydrogen-bond acceptors (Lipinski definition) is 5. The fraction of sp³-hybridized carbons (Fsp3) is 0.294. The van der Waals surface area contributed by atoms with Gasteiger partial charge in [-0.1, -0.05) is 12.7 Å². The van der Waals surface area contributed by atoms with Crippen molar-refractivity contribution in [3.05, 3.63) is 36.5 Å². The first-order chi connectivity index (χ1) is 11.1. The van der Waals surface area contributed by atoms with Gasteiger partial charge in [0.2, 0.25) is 5.88 Å². The number of nitrogens with one attached hydrogen (secondary N) is 1. The number of carbonyl (C=O) groups is 1. The van der Waals surface area contributed by atoms with Gasteiger partial charge < -0.3 is 19.9 Å². The number of methoxy groups -OCH3 is 1. The summed E-state index contributed by atoms with van der Waals surface area (Å²) in [5.41, 5.74) is 0.853. The van der Waals surface area contributed by atoms with Crippen LogP contribution < -0.4 is 14.8 Å². The van der Waals surface area contributed by atoms with Gasteiger partial charge in [0, 0.05) is 30.1 Å². The second-order valence-electron chi connectivity index (χ2n) is 5.41. The third-order valence-electron chi connectivity index (χ3n) is 3.96. The van der Waals surface area contributed by atoms with E-state index >= 15 is 0 Å². The molecular formula is C17H19ClN2O4. The van der Waals surface area contributed by atoms with Crippen molar-refractivity contribution < 1.29 is 19.4 Å². The van der Waals surface area contributed by atoms with Crippen LogP contribution in [0.2, 0.25) is 0 Å². The number of nitrogens with zero attached hydrogens (tertiary/aromatic N) is 1. The predicted molar refractivity (Wildman–Crippen MR) is 94.1 cm³/mol. The van der Waals surface area contributed by atoms with E-state index in [1.165, 1.54) is 0 Å². The van der Waals surface area contributed by atoms with Gasteiger partial charge in [-0.25, -0.2) is 4.98 Å². The largest absolute Gasteiger partial charge is 0.496 e. The first kappa shape index (κ1) is 18.0. The molecule has 1 saturated heterocycles. The van der Waals surface area contributed by atoms with E-state index in [1.807, 2.05) is 18.2 Å². The van der Waals surface area contributed by atoms with Gasteiger partial charge in [0.15, 0.2) is 0 Å². The highest BCUT2D eigenvalue weighted by Crippen LogP contribution is 2.32. The van der Waals surface area contributed by atoms with Crippen LogP contribution in [-0.2, 0) is 4.79 Å². The van der Waals surface area contributed by atoms with Crippen molar-refractivity contribution in [3.8, 4) is 11.6 Å². The first-order valence-corrected chi connectivity index (χ1v) is 7.34. The monoisotopic (exact) mass is 350 g/mol. The van der Waals surface area contributed by atoms with Crippen molar-refractivity contribution in [1.82, 2.24) is 10.3 Å². The van der Waals surface area contributed by atoms with E-state index < -0.39 is 12.0 Å². The number of fused-ring (bicyclic) bond motifs is 1. The number of aromatic nitrogens is 1. The lowest BCUT2D eigenvalue weighted by atomic mass is 10.1. The molecule has 0 unspecified atom stereocenters. The summed E-state index contributed by atoms with van der Waals surface area (Å²) in [5.74, 6) is 0.366. The average Bonchev–Trinajstić information content (AvgIpc) is 3.02. The van der Waals surface area contributed by atoms with Crippen molar-refractivity contribution in [1.29, 1.82) is 0 Å². The van der Waals surface area contributed by atoms with Crippen molar-refractivity contribution in [2.75, 3.05) is 13.7 Å². The highest BCUT2D eigenvalue weighted by Gasteiger charge is 2.31. The Morgan fingerprint density at radius 2 is 2.29 bits per heavy atom. The summed E-state index contributed by atoms with van der Waals surface area (Å²) in [6.07, 6.45) is 3.58. The SMILES string of the molecule is C=Cc1cc2c(O[C@H]3CN[C@H](C(=O)O)C3)nccc2cc1OC.Cl. The quantitative estimate of drug-likeness (QED) is 0.862. The minimum Gasteiger partial charge on any atom is -0.496 e. The summed E-state index contributed by atoms with van der Waals surface area (Å²) in [7, 11) is 1.61. The Labute approximate surface area is 145 Å². The standard InChI is InChI=1S/C17H18N2O4.ClH/c1-3-10-6-13-11(7-15(10)22-2)4-5-18-16(13)23-12-8-14(17(20)21)19-9-12;/h3-7,12,14,19H,1,8-9H2,2H3,(H,20,21);1H/t12-,14+;/m1./s1. The second-order valence-corrected chi connectivity index (χ2v) is 5.41. The third-order valence-corrected chi connectivity index (χ3v) is 3.96. The summed E-state index contributed by atoms with van der Waals surface area (Å²) in [6, 6.07) is 5.14. The maximum Gasteiger partial charge on any atom is 0.320 e. The normalized spacial score (nSPS) is 19.5. The molecule has 0 spiro atoms. The minimum atomic E-state index is -0.861. The Bertz CT molecular complexity index is 766. The van der Waals surface area contributed by atoms with Crippen molar-refractivity contribution in [3.63, 3.8) is 0 Å². The Balaban J connectivity index is 0.00000208. The van der Waals surface area contributed by atoms with Crippen molar-refractivity contribution in [2.45, 2.75) is 18.6 Å². The molecule has 2 aromatic rings. The lowest BCUT2D eigenvalue weighted by Crippen LogP contribution is -2.30. The number of rotatable bonds is 5. The molecule has 0 amide bonds. The van der Waals surface area contributed by atoms with Crippen LogP contribution in [0.15, 0.2) is 31.0 Å². The summed E-state index contributed by atoms with van der Waals surface area (Å²) >= 11 is 0. The zero-order valence-corrected chi connectivity index (χ0v) is 14.0. The molecule has 1 aliphatic rings. The molecule has 0 saturated carbocycles. The van der Waals surface area contributed by atoms with Gasteiger partial charge in [-0.15, -0.1) is 12.4 Å². The molecule has 0 aliphatic carbocycles. The highest BCUT2D eigenvalue weighted by atomic mass is 35.5. The topological polar surface area (TPSA) is 80.7 Å². The van der Waals surface area contributed by atoms with Crippen LogP contribution in [0.4, 0.5) is 0 Å². The molecule has 1 fully saturated rings. The third kappa shape index (κ3) is 3.44. The molecule has 24 heavy (non-hydrogen) atoms. The summed E-state index contributed by atoms with van der Waals surface area (Å²) in [6.45, 7) is 4.28. The van der Waals surface area contributed by atoms with Gasteiger partial charge in [-0.2, -0.15) is 0 Å². The Morgan fingerprint density at radius 1 is 1.50 bits per heavy atom. The lowest BCUT2D eigenvalue weighted by Gasteiger charge is -2.15. The zero-order chi connectivity index (χ0) is 16.4. The van der Waals surface area contributed by atoms with Gasteiger partial charge in [-0.05, 0) is 23.6 Å². The molecular weight excluding hydrogens is 332 g/mol. The van der Waals surface area contributed by atoms with E-state index in [9.17, 15) is 4.79 Å². The number of carboxylic acid groups (broad SMARTS) is 1. The fourth-order valence-corrected chi connectivity index (χ4v) is 2.76. The minimum absolute atomic E-state index is 0. The second kappa shape index (κ2) is 7.51. The number of aliphatic carboxylic acids is 1. The molecule has 3 rings (SSSR count). The van der Waals surface area contributed by atoms with Crippen LogP contribution in [0, 0.1) is 0 Å². The van der Waals surface area contributed by atoms with Gasteiger partial charge in [0.05, 0.1) is 7.11 Å². The number of halogens is 1. The van der Waals surface area contributed by atoms with E-state index in [0.29, 0.717) is 18.8 Å². The number of ether oxygens (including phenoxy) is 2. The van der Waals surface area contributed by atoms with Crippen LogP contribution in [0.25, 0.3) is 16.8 Å². The predicted octanol–water partition coefficient (Wildman–Crippen LogP) is 2.50. The molecule has 1 aliphatic heterocycles. The molecule has 2 heterocycles. The highest BCUT2D eigenvalue weighted by molar-refractivity contribution is 5.90. The van der Waals surface area contributed by atoms with Gasteiger partial charge in [0.25, 0.3) is 0 Å². The van der Waals surface area contributed by atoms with Crippen LogP contribution >= 0.6 is 12.4 Å². The first-order valence-electron chi connectivity index (χ1n) is 7.34. The van der Waals surface area contributed by atoms with E-state index in [-0.39, 0.29) is 18.5 Å². The molecule has 0 radical (unpaired) electrons. The number of benzene rings is 1.